The molecule has 0 bridgehead atoms. The van der Waals surface area contributed by atoms with Crippen LogP contribution >= 0.6 is 0 Å². The molecule has 0 unspecified atom stereocenters. The van der Waals surface area contributed by atoms with Crippen molar-refractivity contribution >= 4 is 18.2 Å². The van der Waals surface area contributed by atoms with Crippen LogP contribution in [0.4, 0.5) is 4.79 Å². The molecule has 1 heterocycles. The third-order valence-electron chi connectivity index (χ3n) is 5.95. The van der Waals surface area contributed by atoms with Crippen LogP contribution in [0, 0.1) is 5.92 Å². The van der Waals surface area contributed by atoms with Crippen LogP contribution in [0.2, 0.25) is 0 Å². The molecule has 228 valence electrons. The van der Waals surface area contributed by atoms with E-state index in [1.807, 2.05) is 32.0 Å². The van der Waals surface area contributed by atoms with Crippen molar-refractivity contribution in [2.24, 2.45) is 11.0 Å². The maximum absolute atomic E-state index is 12.4. The van der Waals surface area contributed by atoms with Gasteiger partial charge in [0.1, 0.15) is 6.61 Å². The van der Waals surface area contributed by atoms with Crippen LogP contribution in [-0.2, 0) is 9.53 Å². The first kappa shape index (κ1) is 32.1. The number of esters is 1. The third kappa shape index (κ3) is 8.77. The van der Waals surface area contributed by atoms with Gasteiger partial charge in [0.05, 0.1) is 44.8 Å². The highest BCUT2D eigenvalue weighted by molar-refractivity contribution is 5.95. The highest BCUT2D eigenvalue weighted by Crippen LogP contribution is 2.35. The largest absolute Gasteiger partial charge is 0.490 e. The van der Waals surface area contributed by atoms with Crippen LogP contribution in [0.5, 0.6) is 23.0 Å². The molecule has 2 amide bonds. The molecule has 2 atom stereocenters. The first-order valence-electron chi connectivity index (χ1n) is 13.8. The predicted molar refractivity (Wildman–Crippen MR) is 157 cm³/mol. The quantitative estimate of drug-likeness (QED) is 0.107. The second-order valence-corrected chi connectivity index (χ2v) is 9.76. The smallest absolute Gasteiger partial charge is 0.337 e. The van der Waals surface area contributed by atoms with E-state index in [1.165, 1.54) is 7.11 Å². The van der Waals surface area contributed by atoms with Crippen LogP contribution in [0.25, 0.3) is 0 Å². The van der Waals surface area contributed by atoms with Gasteiger partial charge in [-0.3, -0.25) is 5.43 Å². The zero-order valence-electron chi connectivity index (χ0n) is 24.9. The van der Waals surface area contributed by atoms with Gasteiger partial charge in [-0.05, 0) is 68.1 Å². The summed E-state index contributed by atoms with van der Waals surface area (Å²) < 4.78 is 28.0. The van der Waals surface area contributed by atoms with Gasteiger partial charge in [0, 0.05) is 5.70 Å². The number of ether oxygens (including phenoxy) is 5. The van der Waals surface area contributed by atoms with Gasteiger partial charge in [-0.15, -0.1) is 0 Å². The number of methoxy groups -OCH3 is 1. The van der Waals surface area contributed by atoms with Gasteiger partial charge in [-0.25, -0.2) is 9.59 Å². The summed E-state index contributed by atoms with van der Waals surface area (Å²) in [6.07, 6.45) is 0.427. The molecular weight excluding hydrogens is 544 g/mol. The monoisotopic (exact) mass is 584 g/mol. The van der Waals surface area contributed by atoms with Crippen molar-refractivity contribution < 1.29 is 38.4 Å². The Morgan fingerprint density at radius 1 is 1.00 bits per heavy atom. The number of nitrogens with one attached hydrogen (secondary N) is 3. The molecule has 0 aromatic heterocycles. The molecule has 1 aliphatic rings. The molecule has 0 saturated heterocycles. The average Bonchev–Trinajstić information content (AvgIpc) is 2.95. The van der Waals surface area contributed by atoms with Crippen molar-refractivity contribution in [3.8, 4) is 23.0 Å². The summed E-state index contributed by atoms with van der Waals surface area (Å²) >= 11 is 0. The number of amides is 2. The molecule has 0 saturated carbocycles. The minimum absolute atomic E-state index is 0.139. The first-order valence-corrected chi connectivity index (χ1v) is 13.8. The molecular formula is C30H40N4O8. The normalized spacial score (nSPS) is 15.6. The maximum atomic E-state index is 12.4. The average molecular weight is 585 g/mol. The van der Waals surface area contributed by atoms with Crippen LogP contribution in [0.1, 0.15) is 51.8 Å². The summed E-state index contributed by atoms with van der Waals surface area (Å²) in [7, 11) is 1.28. The Labute approximate surface area is 246 Å². The molecule has 2 aromatic carbocycles. The second kappa shape index (κ2) is 15.5. The Bertz CT molecular complexity index is 1290. The number of aliphatic hydroxyl groups is 1. The van der Waals surface area contributed by atoms with E-state index in [4.69, 9.17) is 23.7 Å². The number of carbonyl (C=O) groups excluding carboxylic acids is 2. The van der Waals surface area contributed by atoms with Crippen LogP contribution < -0.4 is 35.0 Å². The minimum atomic E-state index is -1.13. The van der Waals surface area contributed by atoms with Gasteiger partial charge in [-0.1, -0.05) is 19.9 Å². The van der Waals surface area contributed by atoms with Crippen LogP contribution in [0.15, 0.2) is 52.8 Å². The Morgan fingerprint density at radius 3 is 2.29 bits per heavy atom. The summed E-state index contributed by atoms with van der Waals surface area (Å²) in [5.74, 6) is 1.84. The van der Waals surface area contributed by atoms with Crippen molar-refractivity contribution in [3.05, 3.63) is 58.8 Å². The zero-order chi connectivity index (χ0) is 30.6. The van der Waals surface area contributed by atoms with Gasteiger partial charge < -0.3 is 39.4 Å². The van der Waals surface area contributed by atoms with Gasteiger partial charge >= 0.3 is 12.0 Å². The summed E-state index contributed by atoms with van der Waals surface area (Å²) in [4.78, 5) is 24.6. The second-order valence-electron chi connectivity index (χ2n) is 9.76. The van der Waals surface area contributed by atoms with E-state index in [1.54, 1.807) is 31.3 Å². The number of benzene rings is 2. The summed E-state index contributed by atoms with van der Waals surface area (Å²) in [5.41, 5.74) is 4.65. The van der Waals surface area contributed by atoms with Crippen molar-refractivity contribution in [2.45, 2.75) is 46.9 Å². The predicted octanol–water partition coefficient (Wildman–Crippen LogP) is 3.64. The van der Waals surface area contributed by atoms with E-state index in [2.05, 4.69) is 35.0 Å². The number of hydrogen-bond donors (Lipinski definition) is 4. The Morgan fingerprint density at radius 2 is 1.64 bits per heavy atom. The Kier molecular flexibility index (Phi) is 11.9. The molecule has 12 nitrogen and oxygen atoms in total. The molecule has 2 aromatic rings. The van der Waals surface area contributed by atoms with Gasteiger partial charge in [-0.2, -0.15) is 5.10 Å². The fourth-order valence-electron chi connectivity index (χ4n) is 4.07. The lowest BCUT2D eigenvalue weighted by Gasteiger charge is -2.28. The minimum Gasteiger partial charge on any atom is -0.490 e. The molecule has 0 spiro atoms. The molecule has 42 heavy (non-hydrogen) atoms. The molecule has 12 heteroatoms. The van der Waals surface area contributed by atoms with E-state index in [9.17, 15) is 14.7 Å². The van der Waals surface area contributed by atoms with Crippen molar-refractivity contribution in [2.75, 3.05) is 33.5 Å². The van der Waals surface area contributed by atoms with Gasteiger partial charge in [0.25, 0.3) is 0 Å². The van der Waals surface area contributed by atoms with Crippen LogP contribution in [-0.4, -0.2) is 63.1 Å². The van der Waals surface area contributed by atoms with E-state index in [0.29, 0.717) is 60.0 Å². The van der Waals surface area contributed by atoms with E-state index in [0.717, 1.165) is 5.56 Å². The molecule has 0 aliphatic carbocycles. The fraction of sp³-hybridized carbons (Fsp3) is 0.433. The summed E-state index contributed by atoms with van der Waals surface area (Å²) in [6.45, 7) is 10.8. The Balaban J connectivity index is 1.66. The SMILES string of the molecule is CCOc1cc(/C=N\N[C@H](O)COc2ccc([C@H]3NC(=O)NC(C)=C3C(=O)OC)cc2OCC)ccc1OCC(C)C. The van der Waals surface area contributed by atoms with Crippen molar-refractivity contribution in [3.63, 3.8) is 0 Å². The summed E-state index contributed by atoms with van der Waals surface area (Å²) in [5, 5.41) is 19.9. The van der Waals surface area contributed by atoms with Crippen molar-refractivity contribution in [1.29, 1.82) is 0 Å². The van der Waals surface area contributed by atoms with E-state index in [-0.39, 0.29) is 12.2 Å². The molecule has 0 radical (unpaired) electrons. The molecule has 1 aliphatic heterocycles. The molecule has 3 rings (SSSR count). The van der Waals surface area contributed by atoms with Gasteiger partial charge in [0.2, 0.25) is 0 Å². The fourth-order valence-corrected chi connectivity index (χ4v) is 4.07. The number of urea groups is 1. The number of nitrogens with zero attached hydrogens (tertiary/aromatic N) is 1. The summed E-state index contributed by atoms with van der Waals surface area (Å²) in [6, 6.07) is 9.31. The van der Waals surface area contributed by atoms with E-state index < -0.39 is 24.3 Å². The zero-order valence-corrected chi connectivity index (χ0v) is 24.9. The number of hydrogen-bond acceptors (Lipinski definition) is 10. The number of allylic oxidation sites excluding steroid dienone is 1. The topological polar surface area (TPSA) is 149 Å². The number of hydrazone groups is 1. The maximum Gasteiger partial charge on any atom is 0.337 e. The lowest BCUT2D eigenvalue weighted by atomic mass is 9.95. The number of carbonyl (C=O) groups is 2. The van der Waals surface area contributed by atoms with E-state index >= 15 is 0 Å². The lowest BCUT2D eigenvalue weighted by molar-refractivity contribution is -0.136. The van der Waals surface area contributed by atoms with Crippen LogP contribution in [0.3, 0.4) is 0 Å². The lowest BCUT2D eigenvalue weighted by Crippen LogP contribution is -2.45. The standard InChI is InChI=1S/C30H40N4O8/c1-7-39-24-13-20(9-11-22(24)41-16-18(3)4)15-31-34-26(35)17-42-23-12-10-21(14-25(23)40-8-2)28-27(29(36)38-6)19(5)32-30(37)33-28/h9-15,18,26,28,34-35H,7-8,16-17H2,1-6H3,(H2,32,33,37)/b31-15-/t26-,28-/m1/s1. The molecule has 0 fully saturated rings. The highest BCUT2D eigenvalue weighted by atomic mass is 16.5. The number of rotatable bonds is 15. The van der Waals surface area contributed by atoms with Gasteiger partial charge in [0.15, 0.2) is 29.2 Å². The molecule has 4 N–H and O–H groups in total. The Hall–Kier alpha value is -4.45. The van der Waals surface area contributed by atoms with Crippen molar-refractivity contribution in [1.82, 2.24) is 16.1 Å². The third-order valence-corrected chi connectivity index (χ3v) is 5.95. The first-order chi connectivity index (χ1) is 20.2. The number of aliphatic hydroxyl groups excluding tert-OH is 1. The highest BCUT2D eigenvalue weighted by Gasteiger charge is 2.32.